The Morgan fingerprint density at radius 1 is 1.47 bits per heavy atom. The first kappa shape index (κ1) is 12.3. The van der Waals surface area contributed by atoms with Crippen molar-refractivity contribution in [1.82, 2.24) is 4.98 Å². The van der Waals surface area contributed by atoms with Crippen LogP contribution in [-0.2, 0) is 4.74 Å². The van der Waals surface area contributed by atoms with Gasteiger partial charge in [0.25, 0.3) is 0 Å². The molecule has 0 bridgehead atoms. The molecule has 0 radical (unpaired) electrons. The molecule has 3 nitrogen and oxygen atoms in total. The van der Waals surface area contributed by atoms with Crippen LogP contribution in [0.15, 0.2) is 18.5 Å². The molecule has 0 unspecified atom stereocenters. The zero-order valence-corrected chi connectivity index (χ0v) is 9.76. The van der Waals surface area contributed by atoms with Crippen molar-refractivity contribution in [2.45, 2.75) is 13.3 Å². The topological polar surface area (TPSA) is 34.2 Å². The van der Waals surface area contributed by atoms with Crippen LogP contribution in [0.5, 0.6) is 0 Å². The van der Waals surface area contributed by atoms with Crippen molar-refractivity contribution in [3.8, 4) is 0 Å². The van der Waals surface area contributed by atoms with Crippen molar-refractivity contribution in [3.63, 3.8) is 0 Å². The van der Waals surface area contributed by atoms with E-state index in [4.69, 9.17) is 16.3 Å². The Kier molecular flexibility index (Phi) is 6.12. The molecule has 0 saturated carbocycles. The SMILES string of the molecule is Cc1cnccc1NCCCOCCCl. The van der Waals surface area contributed by atoms with E-state index in [2.05, 4.69) is 10.3 Å². The first-order valence-electron chi connectivity index (χ1n) is 5.13. The van der Waals surface area contributed by atoms with Crippen molar-refractivity contribution in [1.29, 1.82) is 0 Å². The molecule has 0 aromatic carbocycles. The zero-order valence-electron chi connectivity index (χ0n) is 9.00. The van der Waals surface area contributed by atoms with Gasteiger partial charge in [0.15, 0.2) is 0 Å². The van der Waals surface area contributed by atoms with Crippen LogP contribution >= 0.6 is 11.6 Å². The molecule has 0 aliphatic carbocycles. The van der Waals surface area contributed by atoms with Crippen molar-refractivity contribution in [2.75, 3.05) is 31.0 Å². The number of hydrogen-bond donors (Lipinski definition) is 1. The van der Waals surface area contributed by atoms with Crippen LogP contribution in [0.2, 0.25) is 0 Å². The Morgan fingerprint density at radius 3 is 3.07 bits per heavy atom. The van der Waals surface area contributed by atoms with E-state index in [1.54, 1.807) is 6.20 Å². The number of aryl methyl sites for hydroxylation is 1. The second-order valence-corrected chi connectivity index (χ2v) is 3.65. The fraction of sp³-hybridized carbons (Fsp3) is 0.545. The fourth-order valence-electron chi connectivity index (χ4n) is 1.23. The molecule has 84 valence electrons. The van der Waals surface area contributed by atoms with Gasteiger partial charge in [0.05, 0.1) is 6.61 Å². The molecule has 1 aromatic rings. The highest BCUT2D eigenvalue weighted by atomic mass is 35.5. The molecule has 0 aliphatic rings. The average molecular weight is 229 g/mol. The van der Waals surface area contributed by atoms with Gasteiger partial charge in [-0.2, -0.15) is 0 Å². The summed E-state index contributed by atoms with van der Waals surface area (Å²) in [5, 5.41) is 3.34. The van der Waals surface area contributed by atoms with Crippen LogP contribution in [0.4, 0.5) is 5.69 Å². The normalized spacial score (nSPS) is 10.3. The first-order chi connectivity index (χ1) is 7.34. The molecule has 0 aliphatic heterocycles. The number of rotatable bonds is 7. The van der Waals surface area contributed by atoms with Crippen molar-refractivity contribution in [2.24, 2.45) is 0 Å². The van der Waals surface area contributed by atoms with Crippen molar-refractivity contribution in [3.05, 3.63) is 24.0 Å². The second kappa shape index (κ2) is 7.49. The predicted molar refractivity (Wildman–Crippen MR) is 63.6 cm³/mol. The van der Waals surface area contributed by atoms with Gasteiger partial charge in [0.2, 0.25) is 0 Å². The van der Waals surface area contributed by atoms with Crippen molar-refractivity contribution >= 4 is 17.3 Å². The smallest absolute Gasteiger partial charge is 0.0601 e. The third-order valence-electron chi connectivity index (χ3n) is 2.02. The number of nitrogens with one attached hydrogen (secondary N) is 1. The standard InChI is InChI=1S/C11H17ClN2O/c1-10-9-13-6-3-11(10)14-5-2-7-15-8-4-12/h3,6,9H,2,4-5,7-8H2,1H3,(H,13,14). The minimum Gasteiger partial charge on any atom is -0.385 e. The number of hydrogen-bond acceptors (Lipinski definition) is 3. The molecular weight excluding hydrogens is 212 g/mol. The molecule has 1 aromatic heterocycles. The molecule has 0 amide bonds. The lowest BCUT2D eigenvalue weighted by molar-refractivity contribution is 0.149. The van der Waals surface area contributed by atoms with Gasteiger partial charge in [-0.1, -0.05) is 0 Å². The third-order valence-corrected chi connectivity index (χ3v) is 2.18. The first-order valence-corrected chi connectivity index (χ1v) is 5.66. The van der Waals surface area contributed by atoms with E-state index >= 15 is 0 Å². The van der Waals surface area contributed by atoms with Gasteiger partial charge in [-0.25, -0.2) is 0 Å². The van der Waals surface area contributed by atoms with E-state index in [-0.39, 0.29) is 0 Å². The van der Waals surface area contributed by atoms with E-state index in [0.29, 0.717) is 12.5 Å². The summed E-state index contributed by atoms with van der Waals surface area (Å²) in [5.74, 6) is 0.566. The van der Waals surface area contributed by atoms with Crippen molar-refractivity contribution < 1.29 is 4.74 Å². The molecule has 1 N–H and O–H groups in total. The van der Waals surface area contributed by atoms with E-state index in [1.165, 1.54) is 5.56 Å². The fourth-order valence-corrected chi connectivity index (χ4v) is 1.33. The van der Waals surface area contributed by atoms with Gasteiger partial charge in [-0.3, -0.25) is 4.98 Å². The maximum absolute atomic E-state index is 5.48. The number of halogens is 1. The lowest BCUT2D eigenvalue weighted by Gasteiger charge is -2.08. The number of pyridine rings is 1. The quantitative estimate of drug-likeness (QED) is 0.575. The summed E-state index contributed by atoms with van der Waals surface area (Å²) in [6.07, 6.45) is 4.63. The highest BCUT2D eigenvalue weighted by Gasteiger charge is 1.95. The van der Waals surface area contributed by atoms with Gasteiger partial charge in [-0.05, 0) is 25.0 Å². The molecule has 4 heteroatoms. The summed E-state index contributed by atoms with van der Waals surface area (Å²) < 4.78 is 5.27. The summed E-state index contributed by atoms with van der Waals surface area (Å²) in [5.41, 5.74) is 2.31. The van der Waals surface area contributed by atoms with Crippen LogP contribution in [0.1, 0.15) is 12.0 Å². The second-order valence-electron chi connectivity index (χ2n) is 3.27. The van der Waals surface area contributed by atoms with Crippen LogP contribution in [-0.4, -0.2) is 30.6 Å². The summed E-state index contributed by atoms with van der Waals surface area (Å²) in [4.78, 5) is 4.03. The number of ether oxygens (including phenoxy) is 1. The Hall–Kier alpha value is -0.800. The van der Waals surface area contributed by atoms with Crippen LogP contribution in [0.25, 0.3) is 0 Å². The number of anilines is 1. The monoisotopic (exact) mass is 228 g/mol. The average Bonchev–Trinajstić information content (AvgIpc) is 2.25. The number of aromatic nitrogens is 1. The Labute approximate surface area is 95.8 Å². The predicted octanol–water partition coefficient (Wildman–Crippen LogP) is 2.45. The number of alkyl halides is 1. The molecule has 1 heterocycles. The lowest BCUT2D eigenvalue weighted by Crippen LogP contribution is -2.07. The molecule has 0 saturated heterocycles. The third kappa shape index (κ3) is 5.00. The Morgan fingerprint density at radius 2 is 2.33 bits per heavy atom. The minimum atomic E-state index is 0.566. The maximum atomic E-state index is 5.48. The number of nitrogens with zero attached hydrogens (tertiary/aromatic N) is 1. The Bertz CT molecular complexity index is 281. The molecular formula is C11H17ClN2O. The van der Waals surface area contributed by atoms with E-state index < -0.39 is 0 Å². The summed E-state index contributed by atoms with van der Waals surface area (Å²) in [7, 11) is 0. The van der Waals surface area contributed by atoms with Gasteiger partial charge in [0.1, 0.15) is 0 Å². The zero-order chi connectivity index (χ0) is 10.9. The lowest BCUT2D eigenvalue weighted by atomic mass is 10.2. The van der Waals surface area contributed by atoms with Gasteiger partial charge >= 0.3 is 0 Å². The highest BCUT2D eigenvalue weighted by molar-refractivity contribution is 6.17. The largest absolute Gasteiger partial charge is 0.385 e. The molecule has 0 atom stereocenters. The van der Waals surface area contributed by atoms with Gasteiger partial charge in [0, 0.05) is 37.1 Å². The maximum Gasteiger partial charge on any atom is 0.0601 e. The van der Waals surface area contributed by atoms with E-state index in [1.807, 2.05) is 19.2 Å². The molecule has 15 heavy (non-hydrogen) atoms. The highest BCUT2D eigenvalue weighted by Crippen LogP contribution is 2.10. The molecule has 1 rings (SSSR count). The van der Waals surface area contributed by atoms with Gasteiger partial charge < -0.3 is 10.1 Å². The molecule has 0 spiro atoms. The summed E-state index contributed by atoms with van der Waals surface area (Å²) in [6.45, 7) is 4.34. The van der Waals surface area contributed by atoms with Crippen LogP contribution < -0.4 is 5.32 Å². The minimum absolute atomic E-state index is 0.566. The van der Waals surface area contributed by atoms with E-state index in [9.17, 15) is 0 Å². The summed E-state index contributed by atoms with van der Waals surface area (Å²) in [6, 6.07) is 1.98. The van der Waals surface area contributed by atoms with Gasteiger partial charge in [-0.15, -0.1) is 11.6 Å². The summed E-state index contributed by atoms with van der Waals surface area (Å²) >= 11 is 5.48. The molecule has 0 fully saturated rings. The van der Waals surface area contributed by atoms with Crippen LogP contribution in [0.3, 0.4) is 0 Å². The van der Waals surface area contributed by atoms with E-state index in [0.717, 1.165) is 25.3 Å². The Balaban J connectivity index is 2.12. The van der Waals surface area contributed by atoms with Crippen LogP contribution in [0, 0.1) is 6.92 Å².